The molecule has 1 fully saturated rings. The van der Waals surface area contributed by atoms with E-state index in [1.807, 2.05) is 54.6 Å². The summed E-state index contributed by atoms with van der Waals surface area (Å²) in [6.45, 7) is 0.293. The van der Waals surface area contributed by atoms with Crippen LogP contribution in [0.3, 0.4) is 0 Å². The van der Waals surface area contributed by atoms with Gasteiger partial charge in [-0.25, -0.2) is 4.79 Å². The maximum absolute atomic E-state index is 12.0. The van der Waals surface area contributed by atoms with E-state index in [2.05, 4.69) is 21.2 Å². The summed E-state index contributed by atoms with van der Waals surface area (Å²) in [6.07, 6.45) is 1.53. The van der Waals surface area contributed by atoms with Crippen molar-refractivity contribution in [2.24, 2.45) is 0 Å². The van der Waals surface area contributed by atoms with Crippen molar-refractivity contribution in [3.63, 3.8) is 0 Å². The van der Waals surface area contributed by atoms with Crippen molar-refractivity contribution in [2.45, 2.75) is 25.0 Å². The predicted octanol–water partition coefficient (Wildman–Crippen LogP) is 4.36. The van der Waals surface area contributed by atoms with Gasteiger partial charge in [0.25, 0.3) is 0 Å². The average Bonchev–Trinajstić information content (AvgIpc) is 3.27. The Morgan fingerprint density at radius 3 is 2.57 bits per heavy atom. The van der Waals surface area contributed by atoms with Gasteiger partial charge in [0.05, 0.1) is 5.54 Å². The standard InChI is InChI=1S/C17H16BrNO2/c18-15-8-4-7-14(11-15)17(9-10-17)19-16(20)21-12-13-5-2-1-3-6-13/h1-8,11H,9-10,12H2,(H,19,20). The third-order valence-corrected chi connectivity index (χ3v) is 4.17. The number of hydrogen-bond donors (Lipinski definition) is 1. The Kier molecular flexibility index (Phi) is 3.97. The smallest absolute Gasteiger partial charge is 0.408 e. The Hall–Kier alpha value is -1.81. The molecule has 0 aromatic heterocycles. The number of nitrogens with one attached hydrogen (secondary N) is 1. The number of ether oxygens (including phenoxy) is 1. The first-order valence-electron chi connectivity index (χ1n) is 6.93. The summed E-state index contributed by atoms with van der Waals surface area (Å²) in [5, 5.41) is 3.00. The topological polar surface area (TPSA) is 38.3 Å². The molecule has 1 aliphatic carbocycles. The molecule has 0 spiro atoms. The van der Waals surface area contributed by atoms with E-state index in [1.54, 1.807) is 0 Å². The first kappa shape index (κ1) is 14.1. The zero-order valence-corrected chi connectivity index (χ0v) is 13.1. The van der Waals surface area contributed by atoms with Crippen molar-refractivity contribution in [1.29, 1.82) is 0 Å². The third kappa shape index (κ3) is 3.45. The van der Waals surface area contributed by atoms with Crippen molar-refractivity contribution < 1.29 is 9.53 Å². The number of carbonyl (C=O) groups excluding carboxylic acids is 1. The van der Waals surface area contributed by atoms with E-state index in [0.717, 1.165) is 28.4 Å². The summed E-state index contributed by atoms with van der Waals surface area (Å²) in [4.78, 5) is 12.0. The number of alkyl carbamates (subject to hydrolysis) is 1. The molecule has 4 heteroatoms. The minimum absolute atomic E-state index is 0.252. The molecule has 0 radical (unpaired) electrons. The van der Waals surface area contributed by atoms with Crippen LogP contribution in [0.1, 0.15) is 24.0 Å². The van der Waals surface area contributed by atoms with E-state index in [-0.39, 0.29) is 11.6 Å². The Labute approximate surface area is 132 Å². The van der Waals surface area contributed by atoms with Gasteiger partial charge in [-0.2, -0.15) is 0 Å². The normalized spacial score (nSPS) is 15.3. The minimum Gasteiger partial charge on any atom is -0.445 e. The highest BCUT2D eigenvalue weighted by atomic mass is 79.9. The van der Waals surface area contributed by atoms with Crippen LogP contribution in [-0.2, 0) is 16.9 Å². The molecule has 0 heterocycles. The lowest BCUT2D eigenvalue weighted by Crippen LogP contribution is -2.35. The van der Waals surface area contributed by atoms with Gasteiger partial charge >= 0.3 is 6.09 Å². The van der Waals surface area contributed by atoms with Crippen LogP contribution in [0.25, 0.3) is 0 Å². The fraction of sp³-hybridized carbons (Fsp3) is 0.235. The molecule has 21 heavy (non-hydrogen) atoms. The van der Waals surface area contributed by atoms with Crippen LogP contribution in [-0.4, -0.2) is 6.09 Å². The van der Waals surface area contributed by atoms with Crippen molar-refractivity contribution in [1.82, 2.24) is 5.32 Å². The number of rotatable bonds is 4. The Balaban J connectivity index is 1.60. The fourth-order valence-corrected chi connectivity index (χ4v) is 2.75. The number of benzene rings is 2. The lowest BCUT2D eigenvalue weighted by Gasteiger charge is -2.18. The molecule has 1 N–H and O–H groups in total. The lowest BCUT2D eigenvalue weighted by molar-refractivity contribution is 0.134. The van der Waals surface area contributed by atoms with E-state index in [1.165, 1.54) is 0 Å². The van der Waals surface area contributed by atoms with Crippen molar-refractivity contribution in [2.75, 3.05) is 0 Å². The number of carbonyl (C=O) groups is 1. The van der Waals surface area contributed by atoms with E-state index < -0.39 is 0 Å². The van der Waals surface area contributed by atoms with Crippen LogP contribution in [0.5, 0.6) is 0 Å². The SMILES string of the molecule is O=C(NC1(c2cccc(Br)c2)CC1)OCc1ccccc1. The summed E-state index contributed by atoms with van der Waals surface area (Å²) in [6, 6.07) is 17.7. The first-order chi connectivity index (χ1) is 10.2. The van der Waals surface area contributed by atoms with Gasteiger partial charge in [0, 0.05) is 4.47 Å². The van der Waals surface area contributed by atoms with Gasteiger partial charge < -0.3 is 10.1 Å². The van der Waals surface area contributed by atoms with Crippen LogP contribution in [0.2, 0.25) is 0 Å². The maximum atomic E-state index is 12.0. The van der Waals surface area contributed by atoms with Gasteiger partial charge in [-0.05, 0) is 36.1 Å². The summed E-state index contributed by atoms with van der Waals surface area (Å²) in [5.41, 5.74) is 1.85. The van der Waals surface area contributed by atoms with E-state index in [0.29, 0.717) is 6.61 Å². The molecular formula is C17H16BrNO2. The second-order valence-electron chi connectivity index (χ2n) is 5.28. The first-order valence-corrected chi connectivity index (χ1v) is 7.72. The van der Waals surface area contributed by atoms with Gasteiger partial charge in [0.2, 0.25) is 0 Å². The molecule has 0 bridgehead atoms. The summed E-state index contributed by atoms with van der Waals surface area (Å²) in [5.74, 6) is 0. The molecular weight excluding hydrogens is 330 g/mol. The third-order valence-electron chi connectivity index (χ3n) is 3.68. The number of amides is 1. The largest absolute Gasteiger partial charge is 0.445 e. The highest BCUT2D eigenvalue weighted by Gasteiger charge is 2.46. The molecule has 0 unspecified atom stereocenters. The van der Waals surface area contributed by atoms with Crippen LogP contribution in [0.15, 0.2) is 59.1 Å². The molecule has 1 aliphatic rings. The van der Waals surface area contributed by atoms with Crippen molar-refractivity contribution in [3.05, 3.63) is 70.2 Å². The van der Waals surface area contributed by atoms with Gasteiger partial charge in [-0.15, -0.1) is 0 Å². The van der Waals surface area contributed by atoms with Crippen LogP contribution in [0.4, 0.5) is 4.79 Å². The van der Waals surface area contributed by atoms with Gasteiger partial charge in [0.1, 0.15) is 6.61 Å². The maximum Gasteiger partial charge on any atom is 0.408 e. The highest BCUT2D eigenvalue weighted by molar-refractivity contribution is 9.10. The fourth-order valence-electron chi connectivity index (χ4n) is 2.35. The molecule has 3 rings (SSSR count). The van der Waals surface area contributed by atoms with Crippen LogP contribution >= 0.6 is 15.9 Å². The zero-order chi connectivity index (χ0) is 14.7. The number of hydrogen-bond acceptors (Lipinski definition) is 2. The molecule has 108 valence electrons. The lowest BCUT2D eigenvalue weighted by atomic mass is 10.1. The summed E-state index contributed by atoms with van der Waals surface area (Å²) >= 11 is 3.47. The Morgan fingerprint density at radius 1 is 1.14 bits per heavy atom. The van der Waals surface area contributed by atoms with Gasteiger partial charge in [-0.1, -0.05) is 58.4 Å². The zero-order valence-electron chi connectivity index (χ0n) is 11.5. The predicted molar refractivity (Wildman–Crippen MR) is 84.8 cm³/mol. The monoisotopic (exact) mass is 345 g/mol. The average molecular weight is 346 g/mol. The number of halogens is 1. The molecule has 0 aliphatic heterocycles. The van der Waals surface area contributed by atoms with E-state index >= 15 is 0 Å². The Bertz CT molecular complexity index is 638. The van der Waals surface area contributed by atoms with Crippen LogP contribution < -0.4 is 5.32 Å². The second-order valence-corrected chi connectivity index (χ2v) is 6.19. The summed E-state index contributed by atoms with van der Waals surface area (Å²) < 4.78 is 6.31. The molecule has 2 aromatic rings. The molecule has 0 saturated heterocycles. The Morgan fingerprint density at radius 2 is 1.90 bits per heavy atom. The van der Waals surface area contributed by atoms with E-state index in [4.69, 9.17) is 4.74 Å². The van der Waals surface area contributed by atoms with Gasteiger partial charge in [0.15, 0.2) is 0 Å². The quantitative estimate of drug-likeness (QED) is 0.893. The minimum atomic E-state index is -0.365. The van der Waals surface area contributed by atoms with E-state index in [9.17, 15) is 4.79 Å². The highest BCUT2D eigenvalue weighted by Crippen LogP contribution is 2.46. The molecule has 1 amide bonds. The van der Waals surface area contributed by atoms with Crippen LogP contribution in [0, 0.1) is 0 Å². The second kappa shape index (κ2) is 5.90. The van der Waals surface area contributed by atoms with Crippen molar-refractivity contribution in [3.8, 4) is 0 Å². The van der Waals surface area contributed by atoms with Crippen molar-refractivity contribution >= 4 is 22.0 Å². The summed E-state index contributed by atoms with van der Waals surface area (Å²) in [7, 11) is 0. The molecule has 3 nitrogen and oxygen atoms in total. The van der Waals surface area contributed by atoms with Gasteiger partial charge in [-0.3, -0.25) is 0 Å². The molecule has 0 atom stereocenters. The molecule has 1 saturated carbocycles. The molecule has 2 aromatic carbocycles.